The predicted octanol–water partition coefficient (Wildman–Crippen LogP) is 4.03. The van der Waals surface area contributed by atoms with Crippen LogP contribution in [-0.2, 0) is 19.4 Å². The molecule has 0 saturated heterocycles. The smallest absolute Gasteiger partial charge is 0.123 e. The Balaban J connectivity index is 1.45. The van der Waals surface area contributed by atoms with Crippen LogP contribution in [0.1, 0.15) is 36.0 Å². The average molecular weight is 300 g/mol. The molecule has 0 aromatic heterocycles. The molecule has 22 heavy (non-hydrogen) atoms. The van der Waals surface area contributed by atoms with E-state index < -0.39 is 0 Å². The second-order valence-electron chi connectivity index (χ2n) is 5.87. The maximum Gasteiger partial charge on any atom is 0.123 e. The van der Waals surface area contributed by atoms with E-state index >= 15 is 0 Å². The number of benzene rings is 2. The van der Waals surface area contributed by atoms with Crippen molar-refractivity contribution in [3.05, 3.63) is 65.0 Å². The zero-order chi connectivity index (χ0) is 15.4. The van der Waals surface area contributed by atoms with Crippen molar-refractivity contribution in [2.24, 2.45) is 0 Å². The lowest BCUT2D eigenvalue weighted by atomic mass is 10.00. The van der Waals surface area contributed by atoms with Crippen LogP contribution in [0.5, 0.6) is 5.75 Å². The quantitative estimate of drug-likeness (QED) is 0.816. The topological polar surface area (TPSA) is 29.5 Å². The molecule has 116 valence electrons. The molecular formula is C19H21FO2. The first-order valence-corrected chi connectivity index (χ1v) is 7.89. The zero-order valence-corrected chi connectivity index (χ0v) is 12.6. The summed E-state index contributed by atoms with van der Waals surface area (Å²) in [6, 6.07) is 12.6. The van der Waals surface area contributed by atoms with Gasteiger partial charge < -0.3 is 9.84 Å². The molecule has 0 bridgehead atoms. The van der Waals surface area contributed by atoms with Gasteiger partial charge in [-0.25, -0.2) is 4.39 Å². The third-order valence-electron chi connectivity index (χ3n) is 4.28. The van der Waals surface area contributed by atoms with Gasteiger partial charge in [0, 0.05) is 12.0 Å². The molecular weight excluding hydrogens is 279 g/mol. The summed E-state index contributed by atoms with van der Waals surface area (Å²) in [5.74, 6) is 0.746. The van der Waals surface area contributed by atoms with E-state index in [1.54, 1.807) is 0 Å². The van der Waals surface area contributed by atoms with Crippen LogP contribution in [0.3, 0.4) is 0 Å². The molecule has 3 heteroatoms. The maximum atomic E-state index is 12.8. The van der Waals surface area contributed by atoms with E-state index in [2.05, 4.69) is 0 Å². The third kappa shape index (κ3) is 3.47. The maximum absolute atomic E-state index is 12.8. The van der Waals surface area contributed by atoms with Crippen molar-refractivity contribution in [1.29, 1.82) is 0 Å². The SMILES string of the molecule is OCc1cccc2c1CC(CCCCc1ccc(F)cc1)O2. The molecule has 0 radical (unpaired) electrons. The van der Waals surface area contributed by atoms with Crippen LogP contribution in [-0.4, -0.2) is 11.2 Å². The minimum atomic E-state index is -0.180. The number of aliphatic hydroxyl groups is 1. The Morgan fingerprint density at radius 1 is 1.09 bits per heavy atom. The number of unbranched alkanes of at least 4 members (excludes halogenated alkanes) is 1. The second kappa shape index (κ2) is 6.93. The summed E-state index contributed by atoms with van der Waals surface area (Å²) in [5, 5.41) is 9.37. The molecule has 0 saturated carbocycles. The second-order valence-corrected chi connectivity index (χ2v) is 5.87. The van der Waals surface area contributed by atoms with Gasteiger partial charge in [-0.3, -0.25) is 0 Å². The highest BCUT2D eigenvalue weighted by Gasteiger charge is 2.24. The zero-order valence-electron chi connectivity index (χ0n) is 12.6. The predicted molar refractivity (Wildman–Crippen MR) is 84.4 cm³/mol. The first-order chi connectivity index (χ1) is 10.8. The summed E-state index contributed by atoms with van der Waals surface area (Å²) in [6.07, 6.45) is 5.26. The van der Waals surface area contributed by atoms with Crippen LogP contribution in [0.15, 0.2) is 42.5 Å². The molecule has 2 aromatic rings. The number of fused-ring (bicyclic) bond motifs is 1. The van der Waals surface area contributed by atoms with Gasteiger partial charge >= 0.3 is 0 Å². The first kappa shape index (κ1) is 15.0. The van der Waals surface area contributed by atoms with E-state index in [0.29, 0.717) is 0 Å². The molecule has 3 rings (SSSR count). The molecule has 0 spiro atoms. The van der Waals surface area contributed by atoms with Gasteiger partial charge in [0.25, 0.3) is 0 Å². The number of aliphatic hydroxyl groups excluding tert-OH is 1. The Labute approximate surface area is 130 Å². The molecule has 2 aromatic carbocycles. The van der Waals surface area contributed by atoms with Gasteiger partial charge in [-0.2, -0.15) is 0 Å². The fraction of sp³-hybridized carbons (Fsp3) is 0.368. The molecule has 0 amide bonds. The van der Waals surface area contributed by atoms with Gasteiger partial charge in [-0.05, 0) is 55.0 Å². The Morgan fingerprint density at radius 2 is 1.91 bits per heavy atom. The van der Waals surface area contributed by atoms with Crippen molar-refractivity contribution >= 4 is 0 Å². The Bertz CT molecular complexity index is 622. The molecule has 1 aliphatic rings. The van der Waals surface area contributed by atoms with Crippen molar-refractivity contribution in [2.75, 3.05) is 0 Å². The van der Waals surface area contributed by atoms with E-state index in [0.717, 1.165) is 49.0 Å². The van der Waals surface area contributed by atoms with Crippen molar-refractivity contribution in [3.8, 4) is 5.75 Å². The summed E-state index contributed by atoms with van der Waals surface area (Å²) >= 11 is 0. The summed E-state index contributed by atoms with van der Waals surface area (Å²) in [7, 11) is 0. The van der Waals surface area contributed by atoms with Crippen LogP contribution in [0.4, 0.5) is 4.39 Å². The number of ether oxygens (including phenoxy) is 1. The standard InChI is InChI=1S/C19H21FO2/c20-16-10-8-14(9-11-16)4-1-2-6-17-12-18-15(13-21)5-3-7-19(18)22-17/h3,5,7-11,17,21H,1-2,4,6,12-13H2. The van der Waals surface area contributed by atoms with Gasteiger partial charge in [0.15, 0.2) is 0 Å². The van der Waals surface area contributed by atoms with Crippen LogP contribution in [0.25, 0.3) is 0 Å². The average Bonchev–Trinajstić information content (AvgIpc) is 2.96. The molecule has 0 aliphatic carbocycles. The van der Waals surface area contributed by atoms with Crippen molar-refractivity contribution in [1.82, 2.24) is 0 Å². The van der Waals surface area contributed by atoms with Crippen LogP contribution in [0.2, 0.25) is 0 Å². The Kier molecular flexibility index (Phi) is 4.74. The highest BCUT2D eigenvalue weighted by molar-refractivity contribution is 5.43. The minimum Gasteiger partial charge on any atom is -0.490 e. The largest absolute Gasteiger partial charge is 0.490 e. The van der Waals surface area contributed by atoms with Crippen molar-refractivity contribution < 1.29 is 14.2 Å². The fourth-order valence-corrected chi connectivity index (χ4v) is 3.06. The van der Waals surface area contributed by atoms with Gasteiger partial charge in [0.1, 0.15) is 17.7 Å². The van der Waals surface area contributed by atoms with Gasteiger partial charge in [0.05, 0.1) is 6.61 Å². The number of hydrogen-bond donors (Lipinski definition) is 1. The van der Waals surface area contributed by atoms with Crippen molar-refractivity contribution in [3.63, 3.8) is 0 Å². The Hall–Kier alpha value is -1.87. The summed E-state index contributed by atoms with van der Waals surface area (Å²) in [4.78, 5) is 0. The van der Waals surface area contributed by atoms with Gasteiger partial charge in [-0.1, -0.05) is 24.3 Å². The minimum absolute atomic E-state index is 0.0732. The molecule has 1 aliphatic heterocycles. The van der Waals surface area contributed by atoms with Gasteiger partial charge in [0.2, 0.25) is 0 Å². The number of rotatable bonds is 6. The lowest BCUT2D eigenvalue weighted by molar-refractivity contribution is 0.217. The lowest BCUT2D eigenvalue weighted by Crippen LogP contribution is -2.12. The summed E-state index contributed by atoms with van der Waals surface area (Å²) in [6.45, 7) is 0.0732. The molecule has 0 fully saturated rings. The highest BCUT2D eigenvalue weighted by Crippen LogP contribution is 2.33. The molecule has 1 N–H and O–H groups in total. The molecule has 1 unspecified atom stereocenters. The van der Waals surface area contributed by atoms with E-state index in [1.165, 1.54) is 17.7 Å². The van der Waals surface area contributed by atoms with E-state index in [1.807, 2.05) is 30.3 Å². The van der Waals surface area contributed by atoms with E-state index in [-0.39, 0.29) is 18.5 Å². The number of hydrogen-bond acceptors (Lipinski definition) is 2. The lowest BCUT2D eigenvalue weighted by Gasteiger charge is -2.10. The van der Waals surface area contributed by atoms with Crippen LogP contribution < -0.4 is 4.74 Å². The first-order valence-electron chi connectivity index (χ1n) is 7.89. The van der Waals surface area contributed by atoms with Gasteiger partial charge in [-0.15, -0.1) is 0 Å². The molecule has 2 nitrogen and oxygen atoms in total. The summed E-state index contributed by atoms with van der Waals surface area (Å²) < 4.78 is 18.8. The van der Waals surface area contributed by atoms with Crippen LogP contribution in [0, 0.1) is 5.82 Å². The normalized spacial score (nSPS) is 16.4. The fourth-order valence-electron chi connectivity index (χ4n) is 3.06. The molecule has 1 atom stereocenters. The van der Waals surface area contributed by atoms with E-state index in [4.69, 9.17) is 4.74 Å². The Morgan fingerprint density at radius 3 is 2.68 bits per heavy atom. The van der Waals surface area contributed by atoms with Crippen molar-refractivity contribution in [2.45, 2.75) is 44.8 Å². The third-order valence-corrected chi connectivity index (χ3v) is 4.28. The molecule has 1 heterocycles. The summed E-state index contributed by atoms with van der Waals surface area (Å²) in [5.41, 5.74) is 3.32. The van der Waals surface area contributed by atoms with E-state index in [9.17, 15) is 9.50 Å². The van der Waals surface area contributed by atoms with Crippen LogP contribution >= 0.6 is 0 Å². The monoisotopic (exact) mass is 300 g/mol. The number of halogens is 1. The highest BCUT2D eigenvalue weighted by atomic mass is 19.1. The number of aryl methyl sites for hydroxylation is 1.